The molecule has 62 valence electrons. The molecule has 0 aromatic heterocycles. The van der Waals surface area contributed by atoms with E-state index >= 15 is 0 Å². The first-order chi connectivity index (χ1) is 5.69. The van der Waals surface area contributed by atoms with Crippen LogP contribution in [0.15, 0.2) is 12.1 Å². The summed E-state index contributed by atoms with van der Waals surface area (Å²) in [5.41, 5.74) is 0.517. The van der Waals surface area contributed by atoms with Crippen molar-refractivity contribution >= 4 is 22.6 Å². The van der Waals surface area contributed by atoms with Crippen molar-refractivity contribution in [1.82, 2.24) is 0 Å². The molecule has 0 spiro atoms. The lowest BCUT2D eigenvalue weighted by Gasteiger charge is -2.01. The fraction of sp³-hybridized carbons (Fsp3) is 0.125. The van der Waals surface area contributed by atoms with Crippen molar-refractivity contribution in [1.29, 1.82) is 5.26 Å². The average Bonchev–Trinajstić information content (AvgIpc) is 2.03. The van der Waals surface area contributed by atoms with E-state index in [9.17, 15) is 4.39 Å². The van der Waals surface area contributed by atoms with Crippen LogP contribution in [0.5, 0.6) is 0 Å². The summed E-state index contributed by atoms with van der Waals surface area (Å²) in [7, 11) is 0. The number of aliphatic hydroxyl groups is 1. The van der Waals surface area contributed by atoms with E-state index in [1.54, 1.807) is 0 Å². The van der Waals surface area contributed by atoms with Gasteiger partial charge in [-0.3, -0.25) is 0 Å². The average molecular weight is 277 g/mol. The van der Waals surface area contributed by atoms with Gasteiger partial charge in [0.15, 0.2) is 0 Å². The highest BCUT2D eigenvalue weighted by molar-refractivity contribution is 14.1. The highest BCUT2D eigenvalue weighted by Gasteiger charge is 2.07. The number of aliphatic hydroxyl groups excluding tert-OH is 1. The van der Waals surface area contributed by atoms with E-state index in [1.807, 2.05) is 28.7 Å². The lowest BCUT2D eigenvalue weighted by Crippen LogP contribution is -1.95. The van der Waals surface area contributed by atoms with Crippen molar-refractivity contribution in [3.8, 4) is 6.07 Å². The van der Waals surface area contributed by atoms with E-state index in [2.05, 4.69) is 0 Å². The van der Waals surface area contributed by atoms with E-state index in [0.717, 1.165) is 6.07 Å². The number of benzene rings is 1. The molecule has 0 aliphatic heterocycles. The van der Waals surface area contributed by atoms with E-state index in [4.69, 9.17) is 10.4 Å². The van der Waals surface area contributed by atoms with Gasteiger partial charge in [-0.2, -0.15) is 5.26 Å². The summed E-state index contributed by atoms with van der Waals surface area (Å²) in [4.78, 5) is 0. The maximum atomic E-state index is 13.0. The summed E-state index contributed by atoms with van der Waals surface area (Å²) in [6.07, 6.45) is 0. The van der Waals surface area contributed by atoms with Crippen LogP contribution in [-0.4, -0.2) is 5.11 Å². The van der Waals surface area contributed by atoms with Crippen molar-refractivity contribution in [2.45, 2.75) is 6.61 Å². The first-order valence-electron chi connectivity index (χ1n) is 3.18. The van der Waals surface area contributed by atoms with Gasteiger partial charge in [-0.1, -0.05) is 0 Å². The zero-order valence-corrected chi connectivity index (χ0v) is 8.17. The molecule has 1 aromatic rings. The zero-order chi connectivity index (χ0) is 9.14. The van der Waals surface area contributed by atoms with Crippen molar-refractivity contribution in [3.63, 3.8) is 0 Å². The Bertz CT molecular complexity index is 322. The summed E-state index contributed by atoms with van der Waals surface area (Å²) in [6.45, 7) is -0.337. The molecule has 1 rings (SSSR count). The molecule has 0 unspecified atom stereocenters. The molecule has 0 fully saturated rings. The second kappa shape index (κ2) is 3.83. The molecule has 0 saturated carbocycles. The molecule has 4 heteroatoms. The van der Waals surface area contributed by atoms with Crippen LogP contribution in [0.25, 0.3) is 0 Å². The Kier molecular flexibility index (Phi) is 3.00. The van der Waals surface area contributed by atoms with Crippen molar-refractivity contribution in [2.24, 2.45) is 0 Å². The number of rotatable bonds is 1. The third-order valence-electron chi connectivity index (χ3n) is 1.43. The second-order valence-electron chi connectivity index (χ2n) is 2.19. The van der Waals surface area contributed by atoms with E-state index in [-0.39, 0.29) is 17.7 Å². The Morgan fingerprint density at radius 3 is 2.67 bits per heavy atom. The lowest BCUT2D eigenvalue weighted by atomic mass is 10.1. The third kappa shape index (κ3) is 1.73. The maximum absolute atomic E-state index is 13.0. The number of nitrogens with zero attached hydrogens (tertiary/aromatic N) is 1. The van der Waals surface area contributed by atoms with Crippen LogP contribution in [0.1, 0.15) is 11.1 Å². The largest absolute Gasteiger partial charge is 0.392 e. The molecule has 0 atom stereocenters. The highest BCUT2D eigenvalue weighted by atomic mass is 127. The summed E-state index contributed by atoms with van der Waals surface area (Å²) in [6, 6.07) is 4.49. The molecule has 0 radical (unpaired) electrons. The van der Waals surface area contributed by atoms with Gasteiger partial charge in [0.1, 0.15) is 5.82 Å². The predicted molar refractivity (Wildman–Crippen MR) is 49.8 cm³/mol. The van der Waals surface area contributed by atoms with Gasteiger partial charge in [-0.05, 0) is 34.7 Å². The molecule has 2 nitrogen and oxygen atoms in total. The van der Waals surface area contributed by atoms with E-state index < -0.39 is 5.82 Å². The smallest absolute Gasteiger partial charge is 0.131 e. The Balaban J connectivity index is 3.30. The van der Waals surface area contributed by atoms with Gasteiger partial charge >= 0.3 is 0 Å². The first-order valence-corrected chi connectivity index (χ1v) is 4.25. The van der Waals surface area contributed by atoms with Crippen LogP contribution in [0.2, 0.25) is 0 Å². The molecular weight excluding hydrogens is 272 g/mol. The van der Waals surface area contributed by atoms with Crippen molar-refractivity contribution in [3.05, 3.63) is 32.6 Å². The normalized spacial score (nSPS) is 9.50. The van der Waals surface area contributed by atoms with E-state index in [0.29, 0.717) is 3.57 Å². The number of hydrogen-bond donors (Lipinski definition) is 1. The Labute approximate surface area is 82.8 Å². The molecule has 0 saturated heterocycles. The van der Waals surface area contributed by atoms with Crippen LogP contribution in [0, 0.1) is 20.7 Å². The molecule has 0 aliphatic carbocycles. The van der Waals surface area contributed by atoms with Crippen LogP contribution >= 0.6 is 22.6 Å². The molecule has 0 aliphatic rings. The Morgan fingerprint density at radius 1 is 1.58 bits per heavy atom. The van der Waals surface area contributed by atoms with Crippen molar-refractivity contribution in [2.75, 3.05) is 0 Å². The molecule has 0 amide bonds. The van der Waals surface area contributed by atoms with Crippen LogP contribution in [0.4, 0.5) is 4.39 Å². The first kappa shape index (κ1) is 9.42. The monoisotopic (exact) mass is 277 g/mol. The quantitative estimate of drug-likeness (QED) is 0.795. The molecule has 1 N–H and O–H groups in total. The lowest BCUT2D eigenvalue weighted by molar-refractivity contribution is 0.274. The minimum absolute atomic E-state index is 0.245. The Hall–Kier alpha value is -0.670. The fourth-order valence-corrected chi connectivity index (χ4v) is 1.58. The third-order valence-corrected chi connectivity index (χ3v) is 2.39. The summed E-state index contributed by atoms with van der Waals surface area (Å²) in [5.74, 6) is -0.527. The SMILES string of the molecule is N#Cc1cc(F)c(CO)c(I)c1. The van der Waals surface area contributed by atoms with Crippen LogP contribution in [-0.2, 0) is 6.61 Å². The zero-order valence-electron chi connectivity index (χ0n) is 6.01. The van der Waals surface area contributed by atoms with Gasteiger partial charge in [-0.25, -0.2) is 4.39 Å². The van der Waals surface area contributed by atoms with Crippen molar-refractivity contribution < 1.29 is 9.50 Å². The molecule has 0 bridgehead atoms. The fourth-order valence-electron chi connectivity index (χ4n) is 0.819. The van der Waals surface area contributed by atoms with Gasteiger partial charge in [0.05, 0.1) is 18.2 Å². The minimum Gasteiger partial charge on any atom is -0.392 e. The second-order valence-corrected chi connectivity index (χ2v) is 3.35. The van der Waals surface area contributed by atoms with Gasteiger partial charge in [0.25, 0.3) is 0 Å². The summed E-state index contributed by atoms with van der Waals surface area (Å²) >= 11 is 1.88. The highest BCUT2D eigenvalue weighted by Crippen LogP contribution is 2.18. The minimum atomic E-state index is -0.527. The maximum Gasteiger partial charge on any atom is 0.131 e. The number of nitriles is 1. The number of halogens is 2. The van der Waals surface area contributed by atoms with Gasteiger partial charge < -0.3 is 5.11 Å². The topological polar surface area (TPSA) is 44.0 Å². The Morgan fingerprint density at radius 2 is 2.25 bits per heavy atom. The van der Waals surface area contributed by atoms with E-state index in [1.165, 1.54) is 6.07 Å². The van der Waals surface area contributed by atoms with Gasteiger partial charge in [0, 0.05) is 9.13 Å². The molecule has 12 heavy (non-hydrogen) atoms. The summed E-state index contributed by atoms with van der Waals surface area (Å²) < 4.78 is 13.6. The van der Waals surface area contributed by atoms with Crippen LogP contribution in [0.3, 0.4) is 0 Å². The molecule has 0 heterocycles. The predicted octanol–water partition coefficient (Wildman–Crippen LogP) is 1.79. The van der Waals surface area contributed by atoms with Crippen LogP contribution < -0.4 is 0 Å². The summed E-state index contributed by atoms with van der Waals surface area (Å²) in [5, 5.41) is 17.2. The molecule has 1 aromatic carbocycles. The standard InChI is InChI=1S/C8H5FINO/c9-7-1-5(3-11)2-8(10)6(7)4-12/h1-2,12H,4H2. The molecular formula is C8H5FINO. The van der Waals surface area contributed by atoms with Gasteiger partial charge in [0.2, 0.25) is 0 Å². The van der Waals surface area contributed by atoms with Gasteiger partial charge in [-0.15, -0.1) is 0 Å². The number of hydrogen-bond acceptors (Lipinski definition) is 2.